The smallest absolute Gasteiger partial charge is 0.255 e. The number of carbonyl (C=O) groups excluding carboxylic acids is 1. The highest BCUT2D eigenvalue weighted by Crippen LogP contribution is 2.34. The molecule has 0 saturated heterocycles. The highest BCUT2D eigenvalue weighted by Gasteiger charge is 2.21. The Balaban J connectivity index is 2.10. The molecule has 3 rings (SSSR count). The first-order valence-electron chi connectivity index (χ1n) is 8.25. The molecule has 0 radical (unpaired) electrons. The van der Waals surface area contributed by atoms with Crippen LogP contribution in [0.15, 0.2) is 46.9 Å². The zero-order chi connectivity index (χ0) is 17.8. The summed E-state index contributed by atoms with van der Waals surface area (Å²) in [6.45, 7) is 3.25. The van der Waals surface area contributed by atoms with Crippen molar-refractivity contribution in [2.45, 2.75) is 13.3 Å². The van der Waals surface area contributed by atoms with Crippen molar-refractivity contribution in [1.29, 1.82) is 0 Å². The lowest BCUT2D eigenvalue weighted by Gasteiger charge is -2.04. The van der Waals surface area contributed by atoms with Crippen LogP contribution < -0.4 is 5.32 Å². The average molecular weight is 341 g/mol. The fraction of sp³-hybridized carbons (Fsp3) is 0.250. The number of hydrogen-bond donors (Lipinski definition) is 1. The first kappa shape index (κ1) is 17.2. The summed E-state index contributed by atoms with van der Waals surface area (Å²) in [5, 5.41) is 3.40. The predicted octanol–water partition coefficient (Wildman–Crippen LogP) is 4.18. The van der Waals surface area contributed by atoms with Gasteiger partial charge in [0.1, 0.15) is 17.2 Å². The van der Waals surface area contributed by atoms with Crippen molar-refractivity contribution >= 4 is 16.9 Å². The van der Waals surface area contributed by atoms with E-state index in [1.165, 1.54) is 12.1 Å². The number of benzene rings is 2. The lowest BCUT2D eigenvalue weighted by Crippen LogP contribution is -2.18. The molecule has 0 fully saturated rings. The number of hydrogen-bond acceptors (Lipinski definition) is 3. The van der Waals surface area contributed by atoms with Crippen LogP contribution in [0.2, 0.25) is 0 Å². The van der Waals surface area contributed by atoms with Crippen molar-refractivity contribution in [3.63, 3.8) is 0 Å². The van der Waals surface area contributed by atoms with Crippen LogP contribution in [-0.2, 0) is 11.2 Å². The third kappa shape index (κ3) is 3.56. The molecule has 1 amide bonds. The van der Waals surface area contributed by atoms with Crippen molar-refractivity contribution in [1.82, 2.24) is 5.32 Å². The third-order valence-electron chi connectivity index (χ3n) is 4.05. The van der Waals surface area contributed by atoms with E-state index in [1.807, 2.05) is 25.1 Å². The van der Waals surface area contributed by atoms with E-state index < -0.39 is 0 Å². The molecule has 130 valence electrons. The maximum atomic E-state index is 13.2. The first-order chi connectivity index (χ1) is 12.1. The third-order valence-corrected chi connectivity index (χ3v) is 4.05. The van der Waals surface area contributed by atoms with Gasteiger partial charge in [-0.25, -0.2) is 4.39 Å². The fourth-order valence-electron chi connectivity index (χ4n) is 2.79. The first-order valence-corrected chi connectivity index (χ1v) is 8.25. The summed E-state index contributed by atoms with van der Waals surface area (Å²) in [7, 11) is 1.58. The second-order valence-corrected chi connectivity index (χ2v) is 5.67. The number of nitrogens with one attached hydrogen (secondary N) is 1. The van der Waals surface area contributed by atoms with Crippen molar-refractivity contribution < 1.29 is 18.3 Å². The number of fused-ring (bicyclic) bond motifs is 1. The Labute approximate surface area is 145 Å². The molecule has 2 aromatic carbocycles. The van der Waals surface area contributed by atoms with Gasteiger partial charge in [-0.05, 0) is 55.3 Å². The number of furan rings is 1. The van der Waals surface area contributed by atoms with Gasteiger partial charge in [-0.3, -0.25) is 4.79 Å². The average Bonchev–Trinajstić information content (AvgIpc) is 3.00. The summed E-state index contributed by atoms with van der Waals surface area (Å²) in [5.41, 5.74) is 2.81. The van der Waals surface area contributed by atoms with Gasteiger partial charge in [0.15, 0.2) is 0 Å². The van der Waals surface area contributed by atoms with Crippen LogP contribution in [0.4, 0.5) is 4.39 Å². The van der Waals surface area contributed by atoms with Gasteiger partial charge in [-0.15, -0.1) is 0 Å². The van der Waals surface area contributed by atoms with Gasteiger partial charge in [-0.2, -0.15) is 0 Å². The summed E-state index contributed by atoms with van der Waals surface area (Å²) < 4.78 is 24.5. The minimum absolute atomic E-state index is 0.236. The number of amides is 1. The van der Waals surface area contributed by atoms with Crippen LogP contribution in [0.1, 0.15) is 22.8 Å². The summed E-state index contributed by atoms with van der Waals surface area (Å²) >= 11 is 0. The lowest BCUT2D eigenvalue weighted by molar-refractivity contribution is 0.0964. The van der Waals surface area contributed by atoms with Gasteiger partial charge in [0, 0.05) is 24.6 Å². The molecule has 5 heteroatoms. The van der Waals surface area contributed by atoms with E-state index in [0.717, 1.165) is 17.4 Å². The SMILES string of the molecule is CCOCCc1ccc2oc(-c3ccc(F)cc3)c(C(=O)NC)c2c1. The minimum Gasteiger partial charge on any atom is -0.455 e. The second kappa shape index (κ2) is 7.49. The maximum Gasteiger partial charge on any atom is 0.255 e. The Morgan fingerprint density at radius 1 is 1.20 bits per heavy atom. The van der Waals surface area contributed by atoms with Gasteiger partial charge in [0.05, 0.1) is 12.2 Å². The maximum absolute atomic E-state index is 13.2. The molecule has 0 aliphatic rings. The molecule has 25 heavy (non-hydrogen) atoms. The second-order valence-electron chi connectivity index (χ2n) is 5.67. The Hall–Kier alpha value is -2.66. The number of carbonyl (C=O) groups is 1. The lowest BCUT2D eigenvalue weighted by atomic mass is 10.0. The van der Waals surface area contributed by atoms with Crippen LogP contribution in [-0.4, -0.2) is 26.2 Å². The summed E-state index contributed by atoms with van der Waals surface area (Å²) in [5.74, 6) is -0.129. The molecule has 1 heterocycles. The van der Waals surface area contributed by atoms with Gasteiger partial charge < -0.3 is 14.5 Å². The summed E-state index contributed by atoms with van der Waals surface area (Å²) in [6, 6.07) is 11.7. The molecule has 0 bridgehead atoms. The van der Waals surface area contributed by atoms with Gasteiger partial charge in [0.2, 0.25) is 0 Å². The molecule has 0 saturated carbocycles. The predicted molar refractivity (Wildman–Crippen MR) is 95.2 cm³/mol. The molecule has 0 aliphatic carbocycles. The van der Waals surface area contributed by atoms with E-state index in [2.05, 4.69) is 5.32 Å². The molecule has 3 aromatic rings. The van der Waals surface area contributed by atoms with Gasteiger partial charge >= 0.3 is 0 Å². The van der Waals surface area contributed by atoms with Crippen LogP contribution in [0, 0.1) is 5.82 Å². The minimum atomic E-state index is -0.334. The van der Waals surface area contributed by atoms with E-state index in [0.29, 0.717) is 35.7 Å². The number of halogens is 1. The quantitative estimate of drug-likeness (QED) is 0.685. The van der Waals surface area contributed by atoms with Crippen molar-refractivity contribution in [3.8, 4) is 11.3 Å². The number of ether oxygens (including phenoxy) is 1. The molecular formula is C20H20FNO3. The van der Waals surface area contributed by atoms with Gasteiger partial charge in [0.25, 0.3) is 5.91 Å². The molecule has 1 N–H and O–H groups in total. The molecule has 1 aromatic heterocycles. The summed E-state index contributed by atoms with van der Waals surface area (Å²) in [6.07, 6.45) is 0.758. The zero-order valence-corrected chi connectivity index (χ0v) is 14.3. The topological polar surface area (TPSA) is 51.5 Å². The van der Waals surface area contributed by atoms with Crippen LogP contribution in [0.5, 0.6) is 0 Å². The number of rotatable bonds is 6. The molecule has 4 nitrogen and oxygen atoms in total. The molecular weight excluding hydrogens is 321 g/mol. The monoisotopic (exact) mass is 341 g/mol. The molecule has 0 spiro atoms. The Morgan fingerprint density at radius 2 is 1.96 bits per heavy atom. The van der Waals surface area contributed by atoms with Crippen molar-refractivity contribution in [2.24, 2.45) is 0 Å². The standard InChI is InChI=1S/C20H20FNO3/c1-3-24-11-10-13-4-9-17-16(12-13)18(20(23)22-2)19(25-17)14-5-7-15(21)8-6-14/h4-9,12H,3,10-11H2,1-2H3,(H,22,23). The van der Waals surface area contributed by atoms with E-state index >= 15 is 0 Å². The highest BCUT2D eigenvalue weighted by molar-refractivity contribution is 6.11. The normalized spacial score (nSPS) is 11.0. The van der Waals surface area contributed by atoms with Gasteiger partial charge in [-0.1, -0.05) is 6.07 Å². The zero-order valence-electron chi connectivity index (χ0n) is 14.3. The highest BCUT2D eigenvalue weighted by atomic mass is 19.1. The van der Waals surface area contributed by atoms with E-state index in [4.69, 9.17) is 9.15 Å². The van der Waals surface area contributed by atoms with E-state index in [9.17, 15) is 9.18 Å². The molecule has 0 unspecified atom stereocenters. The van der Waals surface area contributed by atoms with Crippen molar-refractivity contribution in [3.05, 3.63) is 59.4 Å². The van der Waals surface area contributed by atoms with E-state index in [1.54, 1.807) is 19.2 Å². The molecule has 0 atom stereocenters. The Kier molecular flexibility index (Phi) is 5.14. The van der Waals surface area contributed by atoms with Crippen molar-refractivity contribution in [2.75, 3.05) is 20.3 Å². The molecule has 0 aliphatic heterocycles. The van der Waals surface area contributed by atoms with Crippen LogP contribution in [0.3, 0.4) is 0 Å². The van der Waals surface area contributed by atoms with E-state index in [-0.39, 0.29) is 11.7 Å². The Morgan fingerprint density at radius 3 is 2.64 bits per heavy atom. The fourth-order valence-corrected chi connectivity index (χ4v) is 2.79. The summed E-state index contributed by atoms with van der Waals surface area (Å²) in [4.78, 5) is 12.5. The Bertz CT molecular complexity index is 884. The van der Waals surface area contributed by atoms with Crippen LogP contribution in [0.25, 0.3) is 22.3 Å². The van der Waals surface area contributed by atoms with Crippen LogP contribution >= 0.6 is 0 Å². The largest absolute Gasteiger partial charge is 0.455 e.